The van der Waals surface area contributed by atoms with E-state index < -0.39 is 6.09 Å². The van der Waals surface area contributed by atoms with Crippen LogP contribution in [0.4, 0.5) is 16.2 Å². The van der Waals surface area contributed by atoms with Crippen molar-refractivity contribution in [3.63, 3.8) is 0 Å². The summed E-state index contributed by atoms with van der Waals surface area (Å²) in [4.78, 5) is 13.4. The van der Waals surface area contributed by atoms with E-state index in [-0.39, 0.29) is 0 Å². The number of amides is 1. The molecule has 0 saturated carbocycles. The molecule has 0 aromatic heterocycles. The molecule has 5 nitrogen and oxygen atoms in total. The van der Waals surface area contributed by atoms with Crippen LogP contribution in [0.1, 0.15) is 0 Å². The van der Waals surface area contributed by atoms with Crippen LogP contribution in [0.25, 0.3) is 0 Å². The Morgan fingerprint density at radius 1 is 1.35 bits per heavy atom. The molecule has 1 amide bonds. The zero-order valence-electron chi connectivity index (χ0n) is 9.81. The molecule has 1 aromatic carbocycles. The number of hydrogen-bond acceptors (Lipinski definition) is 4. The SMILES string of the molecule is COC(=O)Nc1ccccc1N1CCOCC1. The van der Waals surface area contributed by atoms with E-state index >= 15 is 0 Å². The highest BCUT2D eigenvalue weighted by Gasteiger charge is 2.15. The van der Waals surface area contributed by atoms with E-state index in [2.05, 4.69) is 15.0 Å². The Kier molecular flexibility index (Phi) is 3.82. The van der Waals surface area contributed by atoms with Crippen LogP contribution in [0.2, 0.25) is 0 Å². The van der Waals surface area contributed by atoms with Gasteiger partial charge in [0.05, 0.1) is 31.7 Å². The van der Waals surface area contributed by atoms with Gasteiger partial charge in [-0.25, -0.2) is 4.79 Å². The predicted molar refractivity (Wildman–Crippen MR) is 65.5 cm³/mol. The van der Waals surface area contributed by atoms with Gasteiger partial charge in [-0.15, -0.1) is 0 Å². The van der Waals surface area contributed by atoms with Gasteiger partial charge in [-0.2, -0.15) is 0 Å². The third-order valence-electron chi connectivity index (χ3n) is 2.68. The fourth-order valence-corrected chi connectivity index (χ4v) is 1.82. The first-order chi connectivity index (χ1) is 8.31. The molecule has 0 atom stereocenters. The van der Waals surface area contributed by atoms with Crippen LogP contribution in [0.3, 0.4) is 0 Å². The van der Waals surface area contributed by atoms with Crippen molar-refractivity contribution in [1.82, 2.24) is 0 Å². The van der Waals surface area contributed by atoms with Gasteiger partial charge in [0.15, 0.2) is 0 Å². The minimum atomic E-state index is -0.453. The van der Waals surface area contributed by atoms with E-state index in [0.29, 0.717) is 13.2 Å². The lowest BCUT2D eigenvalue weighted by molar-refractivity contribution is 0.123. The van der Waals surface area contributed by atoms with Gasteiger partial charge in [-0.05, 0) is 12.1 Å². The molecule has 0 radical (unpaired) electrons. The minimum Gasteiger partial charge on any atom is -0.453 e. The van der Waals surface area contributed by atoms with Crippen LogP contribution in [0.15, 0.2) is 24.3 Å². The first-order valence-electron chi connectivity index (χ1n) is 5.58. The molecule has 17 heavy (non-hydrogen) atoms. The highest BCUT2D eigenvalue weighted by molar-refractivity contribution is 5.89. The maximum Gasteiger partial charge on any atom is 0.411 e. The normalized spacial score (nSPS) is 15.5. The lowest BCUT2D eigenvalue weighted by atomic mass is 10.2. The second-order valence-electron chi connectivity index (χ2n) is 3.73. The van der Waals surface area contributed by atoms with Crippen molar-refractivity contribution >= 4 is 17.5 Å². The second-order valence-corrected chi connectivity index (χ2v) is 3.73. The third-order valence-corrected chi connectivity index (χ3v) is 2.68. The van der Waals surface area contributed by atoms with Gasteiger partial charge in [0.25, 0.3) is 0 Å². The monoisotopic (exact) mass is 236 g/mol. The Labute approximate surface area is 100 Å². The predicted octanol–water partition coefficient (Wildman–Crippen LogP) is 1.70. The molecule has 2 rings (SSSR count). The number of morpholine rings is 1. The zero-order valence-corrected chi connectivity index (χ0v) is 9.81. The lowest BCUT2D eigenvalue weighted by Gasteiger charge is -2.30. The van der Waals surface area contributed by atoms with Crippen molar-refractivity contribution in [2.75, 3.05) is 43.6 Å². The molecule has 0 aliphatic carbocycles. The largest absolute Gasteiger partial charge is 0.453 e. The Hall–Kier alpha value is -1.75. The molecule has 1 saturated heterocycles. The Bertz CT molecular complexity index is 389. The molecular weight excluding hydrogens is 220 g/mol. The summed E-state index contributed by atoms with van der Waals surface area (Å²) in [5.74, 6) is 0. The Morgan fingerprint density at radius 2 is 2.06 bits per heavy atom. The van der Waals surface area contributed by atoms with Crippen molar-refractivity contribution in [2.24, 2.45) is 0 Å². The maximum absolute atomic E-state index is 11.2. The molecule has 1 aliphatic rings. The van der Waals surface area contributed by atoms with Gasteiger partial charge in [0.1, 0.15) is 0 Å². The van der Waals surface area contributed by atoms with E-state index in [1.54, 1.807) is 0 Å². The summed E-state index contributed by atoms with van der Waals surface area (Å²) in [7, 11) is 1.35. The molecule has 0 unspecified atom stereocenters. The van der Waals surface area contributed by atoms with Crippen molar-refractivity contribution in [1.29, 1.82) is 0 Å². The number of para-hydroxylation sites is 2. The molecule has 1 heterocycles. The van der Waals surface area contributed by atoms with Crippen LogP contribution in [-0.4, -0.2) is 39.5 Å². The number of carbonyl (C=O) groups is 1. The summed E-state index contributed by atoms with van der Waals surface area (Å²) in [5, 5.41) is 2.71. The zero-order chi connectivity index (χ0) is 12.1. The molecule has 92 valence electrons. The summed E-state index contributed by atoms with van der Waals surface area (Å²) in [5.41, 5.74) is 1.77. The number of nitrogens with zero attached hydrogens (tertiary/aromatic N) is 1. The molecular formula is C12H16N2O3. The van der Waals surface area contributed by atoms with Crippen LogP contribution >= 0.6 is 0 Å². The average molecular weight is 236 g/mol. The number of hydrogen-bond donors (Lipinski definition) is 1. The second kappa shape index (κ2) is 5.54. The number of ether oxygens (including phenoxy) is 2. The first-order valence-corrected chi connectivity index (χ1v) is 5.58. The smallest absolute Gasteiger partial charge is 0.411 e. The van der Waals surface area contributed by atoms with E-state index in [1.165, 1.54) is 7.11 Å². The van der Waals surface area contributed by atoms with Gasteiger partial charge in [0.2, 0.25) is 0 Å². The fourth-order valence-electron chi connectivity index (χ4n) is 1.82. The Morgan fingerprint density at radius 3 is 2.76 bits per heavy atom. The van der Waals surface area contributed by atoms with E-state index in [9.17, 15) is 4.79 Å². The number of methoxy groups -OCH3 is 1. The highest BCUT2D eigenvalue weighted by atomic mass is 16.5. The topological polar surface area (TPSA) is 50.8 Å². The molecule has 0 spiro atoms. The summed E-state index contributed by atoms with van der Waals surface area (Å²) in [6, 6.07) is 7.68. The van der Waals surface area contributed by atoms with Crippen molar-refractivity contribution in [2.45, 2.75) is 0 Å². The average Bonchev–Trinajstić information content (AvgIpc) is 2.40. The van der Waals surface area contributed by atoms with Crippen molar-refractivity contribution in [3.8, 4) is 0 Å². The van der Waals surface area contributed by atoms with Gasteiger partial charge in [0, 0.05) is 13.1 Å². The van der Waals surface area contributed by atoms with Crippen LogP contribution in [0, 0.1) is 0 Å². The molecule has 1 N–H and O–H groups in total. The van der Waals surface area contributed by atoms with Gasteiger partial charge in [-0.3, -0.25) is 5.32 Å². The molecule has 1 fully saturated rings. The molecule has 1 aliphatic heterocycles. The molecule has 0 bridgehead atoms. The summed E-state index contributed by atoms with van der Waals surface area (Å²) >= 11 is 0. The maximum atomic E-state index is 11.2. The van der Waals surface area contributed by atoms with Crippen molar-refractivity contribution in [3.05, 3.63) is 24.3 Å². The van der Waals surface area contributed by atoms with E-state index in [1.807, 2.05) is 24.3 Å². The number of nitrogens with one attached hydrogen (secondary N) is 1. The number of anilines is 2. The van der Waals surface area contributed by atoms with Crippen molar-refractivity contribution < 1.29 is 14.3 Å². The van der Waals surface area contributed by atoms with Gasteiger partial charge in [-0.1, -0.05) is 12.1 Å². The third kappa shape index (κ3) is 2.88. The quantitative estimate of drug-likeness (QED) is 0.849. The summed E-state index contributed by atoms with van der Waals surface area (Å²) in [6.45, 7) is 3.10. The van der Waals surface area contributed by atoms with Crippen LogP contribution in [-0.2, 0) is 9.47 Å². The molecule has 5 heteroatoms. The number of benzene rings is 1. The van der Waals surface area contributed by atoms with E-state index in [0.717, 1.165) is 24.5 Å². The van der Waals surface area contributed by atoms with Crippen LogP contribution < -0.4 is 10.2 Å². The van der Waals surface area contributed by atoms with Gasteiger partial charge >= 0.3 is 6.09 Å². The number of carbonyl (C=O) groups excluding carboxylic acids is 1. The molecule has 1 aromatic rings. The number of rotatable bonds is 2. The Balaban J connectivity index is 2.17. The lowest BCUT2D eigenvalue weighted by Crippen LogP contribution is -2.36. The summed E-state index contributed by atoms with van der Waals surface area (Å²) < 4.78 is 9.91. The minimum absolute atomic E-state index is 0.453. The standard InChI is InChI=1S/C12H16N2O3/c1-16-12(15)13-10-4-2-3-5-11(10)14-6-8-17-9-7-14/h2-5H,6-9H2,1H3,(H,13,15). The van der Waals surface area contributed by atoms with Crippen LogP contribution in [0.5, 0.6) is 0 Å². The first kappa shape index (κ1) is 11.7. The fraction of sp³-hybridized carbons (Fsp3) is 0.417. The van der Waals surface area contributed by atoms with E-state index in [4.69, 9.17) is 4.74 Å². The summed E-state index contributed by atoms with van der Waals surface area (Å²) in [6.07, 6.45) is -0.453. The van der Waals surface area contributed by atoms with Gasteiger partial charge < -0.3 is 14.4 Å². The highest BCUT2D eigenvalue weighted by Crippen LogP contribution is 2.26.